The van der Waals surface area contributed by atoms with Gasteiger partial charge in [-0.15, -0.1) is 0 Å². The molecule has 10 heteroatoms. The Morgan fingerprint density at radius 3 is 2.41 bits per heavy atom. The first-order chi connectivity index (χ1) is 15.1. The van der Waals surface area contributed by atoms with Gasteiger partial charge in [0.25, 0.3) is 15.4 Å². The van der Waals surface area contributed by atoms with Crippen LogP contribution in [0, 0.1) is 17.0 Å². The van der Waals surface area contributed by atoms with E-state index < -0.39 is 14.5 Å². The molecule has 7 nitrogen and oxygen atoms in total. The molecule has 0 bridgehead atoms. The SMILES string of the molecule is Cc1cc(C(=O)N2Cc3ccc(C(=O)C(Cl)(Cl)Cl)n3Cc3ccccc32)ccc1[N+](=O)[O-]. The van der Waals surface area contributed by atoms with Crippen molar-refractivity contribution in [2.75, 3.05) is 4.90 Å². The van der Waals surface area contributed by atoms with Gasteiger partial charge < -0.3 is 9.47 Å². The van der Waals surface area contributed by atoms with Gasteiger partial charge in [0.1, 0.15) is 0 Å². The lowest BCUT2D eigenvalue weighted by atomic mass is 10.1. The van der Waals surface area contributed by atoms with Crippen LogP contribution >= 0.6 is 34.8 Å². The lowest BCUT2D eigenvalue weighted by Crippen LogP contribution is -2.30. The number of fused-ring (bicyclic) bond motifs is 2. The monoisotopic (exact) mass is 491 g/mol. The van der Waals surface area contributed by atoms with E-state index in [1.54, 1.807) is 28.5 Å². The summed E-state index contributed by atoms with van der Waals surface area (Å²) < 4.78 is -0.371. The standard InChI is InChI=1S/C22H16Cl3N3O4/c1-13-10-14(6-8-17(13)28(31)32)21(30)27-12-16-7-9-19(20(29)22(23,24)25)26(16)11-15-4-2-3-5-18(15)27/h2-10H,11-12H2,1H3. The Hall–Kier alpha value is -2.87. The third-order valence-corrected chi connectivity index (χ3v) is 5.89. The molecule has 0 saturated heterocycles. The zero-order chi connectivity index (χ0) is 23.2. The fourth-order valence-corrected chi connectivity index (χ4v) is 4.12. The average molecular weight is 493 g/mol. The summed E-state index contributed by atoms with van der Waals surface area (Å²) in [5.74, 6) is -0.976. The molecule has 164 valence electrons. The smallest absolute Gasteiger partial charge is 0.272 e. The Balaban J connectivity index is 1.79. The molecule has 1 aliphatic rings. The van der Waals surface area contributed by atoms with Crippen LogP contribution in [-0.4, -0.2) is 25.0 Å². The molecule has 1 aliphatic heterocycles. The highest BCUT2D eigenvalue weighted by Gasteiger charge is 2.35. The second-order valence-corrected chi connectivity index (χ2v) is 9.68. The Morgan fingerprint density at radius 1 is 1.03 bits per heavy atom. The van der Waals surface area contributed by atoms with Crippen LogP contribution in [0.2, 0.25) is 0 Å². The molecule has 0 spiro atoms. The predicted molar refractivity (Wildman–Crippen MR) is 123 cm³/mol. The van der Waals surface area contributed by atoms with E-state index in [0.717, 1.165) is 5.56 Å². The number of alkyl halides is 3. The molecule has 0 atom stereocenters. The van der Waals surface area contributed by atoms with Gasteiger partial charge >= 0.3 is 0 Å². The van der Waals surface area contributed by atoms with Gasteiger partial charge in [-0.1, -0.05) is 53.0 Å². The maximum atomic E-state index is 13.5. The predicted octanol–water partition coefficient (Wildman–Crippen LogP) is 5.47. The van der Waals surface area contributed by atoms with E-state index in [0.29, 0.717) is 29.1 Å². The Labute approximate surface area is 198 Å². The summed E-state index contributed by atoms with van der Waals surface area (Å²) in [7, 11) is 0. The molecular weight excluding hydrogens is 477 g/mol. The minimum atomic E-state index is -2.10. The van der Waals surface area contributed by atoms with Crippen molar-refractivity contribution in [1.82, 2.24) is 4.57 Å². The lowest BCUT2D eigenvalue weighted by molar-refractivity contribution is -0.385. The Kier molecular flexibility index (Phi) is 5.75. The highest BCUT2D eigenvalue weighted by molar-refractivity contribution is 6.77. The number of anilines is 1. The first-order valence-electron chi connectivity index (χ1n) is 9.52. The maximum absolute atomic E-state index is 13.5. The number of carbonyl (C=O) groups is 2. The summed E-state index contributed by atoms with van der Waals surface area (Å²) in [5.41, 5.74) is 3.04. The number of nitro groups is 1. The number of ketones is 1. The van der Waals surface area contributed by atoms with Gasteiger partial charge in [0.2, 0.25) is 5.78 Å². The fraction of sp³-hybridized carbons (Fsp3) is 0.182. The van der Waals surface area contributed by atoms with Gasteiger partial charge in [0.05, 0.1) is 23.7 Å². The minimum absolute atomic E-state index is 0.0541. The molecule has 0 aliphatic carbocycles. The van der Waals surface area contributed by atoms with Crippen LogP contribution in [-0.2, 0) is 13.1 Å². The summed E-state index contributed by atoms with van der Waals surface area (Å²) in [5, 5.41) is 11.1. The molecule has 2 aromatic carbocycles. The number of para-hydroxylation sites is 1. The second kappa shape index (κ2) is 8.24. The van der Waals surface area contributed by atoms with E-state index in [1.807, 2.05) is 24.3 Å². The molecule has 1 amide bonds. The largest absolute Gasteiger partial charge is 0.336 e. The third-order valence-electron chi connectivity index (χ3n) is 5.38. The van der Waals surface area contributed by atoms with E-state index in [1.165, 1.54) is 18.2 Å². The van der Waals surface area contributed by atoms with E-state index in [2.05, 4.69) is 0 Å². The number of rotatable bonds is 3. The molecule has 3 aromatic rings. The molecule has 0 saturated carbocycles. The zero-order valence-corrected chi connectivity index (χ0v) is 19.0. The number of aromatic nitrogens is 1. The first-order valence-corrected chi connectivity index (χ1v) is 10.7. The molecule has 1 aromatic heterocycles. The highest BCUT2D eigenvalue weighted by Crippen LogP contribution is 2.35. The van der Waals surface area contributed by atoms with Gasteiger partial charge in [-0.05, 0) is 42.8 Å². The van der Waals surface area contributed by atoms with Gasteiger partial charge in [0.15, 0.2) is 0 Å². The summed E-state index contributed by atoms with van der Waals surface area (Å²) >= 11 is 17.5. The number of carbonyl (C=O) groups excluding carboxylic acids is 2. The summed E-state index contributed by atoms with van der Waals surface area (Å²) in [6.45, 7) is 2.06. The number of halogens is 3. The molecule has 0 N–H and O–H groups in total. The van der Waals surface area contributed by atoms with Gasteiger partial charge in [0, 0.05) is 28.6 Å². The van der Waals surface area contributed by atoms with Crippen molar-refractivity contribution in [3.63, 3.8) is 0 Å². The first kappa shape index (κ1) is 22.3. The summed E-state index contributed by atoms with van der Waals surface area (Å²) in [4.78, 5) is 38.3. The number of benzene rings is 2. The van der Waals surface area contributed by atoms with E-state index in [9.17, 15) is 19.7 Å². The van der Waals surface area contributed by atoms with Crippen molar-refractivity contribution in [3.8, 4) is 0 Å². The van der Waals surface area contributed by atoms with Crippen molar-refractivity contribution in [3.05, 3.63) is 92.8 Å². The van der Waals surface area contributed by atoms with Crippen LogP contribution in [0.1, 0.15) is 37.7 Å². The Morgan fingerprint density at radius 2 is 1.75 bits per heavy atom. The van der Waals surface area contributed by atoms with Crippen LogP contribution in [0.3, 0.4) is 0 Å². The number of nitrogens with zero attached hydrogens (tertiary/aromatic N) is 3. The minimum Gasteiger partial charge on any atom is -0.336 e. The van der Waals surface area contributed by atoms with Crippen molar-refractivity contribution in [2.24, 2.45) is 0 Å². The molecule has 2 heterocycles. The van der Waals surface area contributed by atoms with Crippen molar-refractivity contribution < 1.29 is 14.5 Å². The van der Waals surface area contributed by atoms with E-state index in [-0.39, 0.29) is 23.8 Å². The number of amides is 1. The molecule has 32 heavy (non-hydrogen) atoms. The van der Waals surface area contributed by atoms with Crippen LogP contribution < -0.4 is 4.90 Å². The summed E-state index contributed by atoms with van der Waals surface area (Å²) in [6, 6.07) is 14.9. The van der Waals surface area contributed by atoms with Crippen LogP contribution in [0.5, 0.6) is 0 Å². The number of aryl methyl sites for hydroxylation is 1. The van der Waals surface area contributed by atoms with Gasteiger partial charge in [-0.2, -0.15) is 0 Å². The van der Waals surface area contributed by atoms with Crippen molar-refractivity contribution in [1.29, 1.82) is 0 Å². The van der Waals surface area contributed by atoms with E-state index in [4.69, 9.17) is 34.8 Å². The number of nitro benzene ring substituents is 1. The number of Topliss-reactive ketones (excluding diaryl/α,β-unsaturated/α-hetero) is 1. The normalized spacial score (nSPS) is 13.2. The molecular formula is C22H16Cl3N3O4. The molecule has 0 radical (unpaired) electrons. The molecule has 4 rings (SSSR count). The highest BCUT2D eigenvalue weighted by atomic mass is 35.6. The van der Waals surface area contributed by atoms with Crippen LogP contribution in [0.25, 0.3) is 0 Å². The fourth-order valence-electron chi connectivity index (χ4n) is 3.83. The van der Waals surface area contributed by atoms with Crippen molar-refractivity contribution >= 4 is 57.9 Å². The Bertz CT molecular complexity index is 1260. The quantitative estimate of drug-likeness (QED) is 0.210. The number of hydrogen-bond donors (Lipinski definition) is 0. The molecule has 0 unspecified atom stereocenters. The molecule has 0 fully saturated rings. The maximum Gasteiger partial charge on any atom is 0.272 e. The van der Waals surface area contributed by atoms with Crippen LogP contribution in [0.15, 0.2) is 54.6 Å². The third kappa shape index (κ3) is 3.99. The average Bonchev–Trinajstić information content (AvgIpc) is 3.04. The topological polar surface area (TPSA) is 85.5 Å². The van der Waals surface area contributed by atoms with Crippen molar-refractivity contribution in [2.45, 2.75) is 23.8 Å². The zero-order valence-electron chi connectivity index (χ0n) is 16.7. The number of hydrogen-bond acceptors (Lipinski definition) is 4. The van der Waals surface area contributed by atoms with Crippen LogP contribution in [0.4, 0.5) is 11.4 Å². The summed E-state index contributed by atoms with van der Waals surface area (Å²) in [6.07, 6.45) is 0. The lowest BCUT2D eigenvalue weighted by Gasteiger charge is -2.23. The van der Waals surface area contributed by atoms with E-state index >= 15 is 0 Å². The second-order valence-electron chi connectivity index (χ2n) is 7.40. The van der Waals surface area contributed by atoms with Gasteiger partial charge in [-0.3, -0.25) is 19.7 Å². The van der Waals surface area contributed by atoms with Gasteiger partial charge in [-0.25, -0.2) is 0 Å².